The maximum atomic E-state index is 12.7. The van der Waals surface area contributed by atoms with Crippen LogP contribution < -0.4 is 5.32 Å². The lowest BCUT2D eigenvalue weighted by Crippen LogP contribution is -2.45. The lowest BCUT2D eigenvalue weighted by Gasteiger charge is -2.21. The first-order valence-corrected chi connectivity index (χ1v) is 10.7. The van der Waals surface area contributed by atoms with Crippen LogP contribution in [0.25, 0.3) is 11.3 Å². The smallest absolute Gasteiger partial charge is 0.416 e. The van der Waals surface area contributed by atoms with E-state index in [2.05, 4.69) is 5.32 Å². The Morgan fingerprint density at radius 2 is 1.76 bits per heavy atom. The third kappa shape index (κ3) is 7.47. The van der Waals surface area contributed by atoms with Crippen LogP contribution in [0, 0.1) is 12.8 Å². The molecule has 0 spiro atoms. The van der Waals surface area contributed by atoms with Gasteiger partial charge in [0.05, 0.1) is 18.2 Å². The van der Waals surface area contributed by atoms with Crippen molar-refractivity contribution in [1.29, 1.82) is 0 Å². The molecule has 1 atom stereocenters. The number of nitrogens with one attached hydrogen (secondary N) is 1. The molecule has 0 aliphatic rings. The zero-order valence-electron chi connectivity index (χ0n) is 19.0. The molecule has 0 bridgehead atoms. The second kappa shape index (κ2) is 11.2. The van der Waals surface area contributed by atoms with E-state index in [1.165, 1.54) is 12.1 Å². The highest BCUT2D eigenvalue weighted by Gasteiger charge is 2.30. The summed E-state index contributed by atoms with van der Waals surface area (Å²) in [6, 6.07) is 5.52. The summed E-state index contributed by atoms with van der Waals surface area (Å²) in [5.74, 6) is -0.661. The van der Waals surface area contributed by atoms with E-state index < -0.39 is 36.0 Å². The van der Waals surface area contributed by atoms with Crippen LogP contribution in [0.2, 0.25) is 0 Å². The molecular weight excluding hydrogens is 439 g/mol. The lowest BCUT2D eigenvalue weighted by atomic mass is 9.97. The Balaban J connectivity index is 2.00. The number of hydrogen-bond acceptors (Lipinski definition) is 5. The van der Waals surface area contributed by atoms with E-state index in [-0.39, 0.29) is 24.9 Å². The van der Waals surface area contributed by atoms with Crippen molar-refractivity contribution >= 4 is 17.7 Å². The van der Waals surface area contributed by atoms with E-state index in [1.54, 1.807) is 33.8 Å². The van der Waals surface area contributed by atoms with Crippen molar-refractivity contribution in [1.82, 2.24) is 5.32 Å². The van der Waals surface area contributed by atoms with Gasteiger partial charge in [-0.25, -0.2) is 0 Å². The maximum absolute atomic E-state index is 12.7. The number of Topliss-reactive ketones (excluding diaryl/α,β-unsaturated/α-hetero) is 1. The summed E-state index contributed by atoms with van der Waals surface area (Å²) in [5.41, 5.74) is 0.480. The van der Waals surface area contributed by atoms with Crippen LogP contribution >= 0.6 is 0 Å². The molecule has 0 saturated carbocycles. The van der Waals surface area contributed by atoms with Crippen LogP contribution in [0.4, 0.5) is 13.2 Å². The molecule has 0 fully saturated rings. The molecule has 1 amide bonds. The van der Waals surface area contributed by atoms with Crippen molar-refractivity contribution in [3.63, 3.8) is 0 Å². The van der Waals surface area contributed by atoms with Gasteiger partial charge in [0.25, 0.3) is 0 Å². The molecule has 33 heavy (non-hydrogen) atoms. The van der Waals surface area contributed by atoms with E-state index in [1.807, 2.05) is 0 Å². The molecule has 6 nitrogen and oxygen atoms in total. The monoisotopic (exact) mass is 467 g/mol. The Kier molecular flexibility index (Phi) is 8.84. The molecule has 0 aliphatic heterocycles. The first kappa shape index (κ1) is 26.2. The summed E-state index contributed by atoms with van der Waals surface area (Å²) in [5, 5.41) is 2.68. The Hall–Kier alpha value is -3.10. The molecule has 1 heterocycles. The average Bonchev–Trinajstić information content (AvgIpc) is 3.10. The summed E-state index contributed by atoms with van der Waals surface area (Å²) in [7, 11) is 0. The number of hydrogen-bond donors (Lipinski definition) is 1. The van der Waals surface area contributed by atoms with Crippen molar-refractivity contribution < 1.29 is 36.7 Å². The highest BCUT2D eigenvalue weighted by atomic mass is 19.4. The quantitative estimate of drug-likeness (QED) is 0.398. The third-order valence-corrected chi connectivity index (χ3v) is 5.09. The summed E-state index contributed by atoms with van der Waals surface area (Å²) < 4.78 is 48.7. The predicted molar refractivity (Wildman–Crippen MR) is 115 cm³/mol. The van der Waals surface area contributed by atoms with Crippen molar-refractivity contribution in [2.75, 3.05) is 6.61 Å². The molecule has 2 aromatic rings. The molecule has 1 aromatic carbocycles. The number of ketones is 1. The zero-order chi connectivity index (χ0) is 24.8. The highest BCUT2D eigenvalue weighted by Crippen LogP contribution is 2.32. The number of amides is 1. The minimum absolute atomic E-state index is 0.0722. The van der Waals surface area contributed by atoms with Gasteiger partial charge in [0.15, 0.2) is 5.78 Å². The van der Waals surface area contributed by atoms with Crippen LogP contribution in [0.1, 0.15) is 50.5 Å². The van der Waals surface area contributed by atoms with Crippen LogP contribution in [0.3, 0.4) is 0 Å². The van der Waals surface area contributed by atoms with Gasteiger partial charge in [0, 0.05) is 12.0 Å². The summed E-state index contributed by atoms with van der Waals surface area (Å²) in [6.45, 7) is 7.06. The topological polar surface area (TPSA) is 85.6 Å². The molecule has 180 valence electrons. The van der Waals surface area contributed by atoms with E-state index in [9.17, 15) is 27.6 Å². The largest absolute Gasteiger partial charge is 0.466 e. The number of halogens is 3. The zero-order valence-corrected chi connectivity index (χ0v) is 19.0. The average molecular weight is 467 g/mol. The van der Waals surface area contributed by atoms with Crippen LogP contribution in [0.15, 0.2) is 34.7 Å². The van der Waals surface area contributed by atoms with E-state index in [4.69, 9.17) is 9.15 Å². The third-order valence-electron chi connectivity index (χ3n) is 5.09. The molecule has 0 saturated heterocycles. The fourth-order valence-electron chi connectivity index (χ4n) is 3.31. The Labute approximate surface area is 190 Å². The first-order chi connectivity index (χ1) is 15.4. The normalized spacial score (nSPS) is 12.5. The fraction of sp³-hybridized carbons (Fsp3) is 0.458. The van der Waals surface area contributed by atoms with Crippen LogP contribution in [-0.2, 0) is 31.7 Å². The number of benzene rings is 1. The molecule has 9 heteroatoms. The summed E-state index contributed by atoms with van der Waals surface area (Å²) in [6.07, 6.45) is -4.43. The van der Waals surface area contributed by atoms with Crippen molar-refractivity contribution in [2.45, 2.75) is 59.2 Å². The molecule has 0 radical (unpaired) electrons. The van der Waals surface area contributed by atoms with Crippen LogP contribution in [-0.4, -0.2) is 30.3 Å². The number of carbonyl (C=O) groups is 3. The fourth-order valence-corrected chi connectivity index (χ4v) is 3.31. The number of carbonyl (C=O) groups excluding carboxylic acids is 3. The number of ether oxygens (including phenoxy) is 1. The minimum Gasteiger partial charge on any atom is -0.466 e. The van der Waals surface area contributed by atoms with Crippen molar-refractivity contribution in [2.24, 2.45) is 5.92 Å². The van der Waals surface area contributed by atoms with Crippen molar-refractivity contribution in [3.8, 4) is 11.3 Å². The van der Waals surface area contributed by atoms with Crippen LogP contribution in [0.5, 0.6) is 0 Å². The molecule has 2 rings (SSSR count). The summed E-state index contributed by atoms with van der Waals surface area (Å²) >= 11 is 0. The number of aryl methyl sites for hydroxylation is 2. The first-order valence-electron chi connectivity index (χ1n) is 10.7. The second-order valence-corrected chi connectivity index (χ2v) is 8.00. The molecule has 1 N–H and O–H groups in total. The Morgan fingerprint density at radius 1 is 1.12 bits per heavy atom. The number of rotatable bonds is 10. The SMILES string of the molecule is CCOC(=O)CC(=O)C(NC(=O)CCc1cc(-c2ccc(C(F)(F)F)cc2)oc1C)C(C)C. The van der Waals surface area contributed by atoms with Gasteiger partial charge in [-0.15, -0.1) is 0 Å². The van der Waals surface area contributed by atoms with E-state index in [0.717, 1.165) is 17.7 Å². The van der Waals surface area contributed by atoms with E-state index in [0.29, 0.717) is 23.5 Å². The van der Waals surface area contributed by atoms with Gasteiger partial charge in [-0.3, -0.25) is 14.4 Å². The lowest BCUT2D eigenvalue weighted by molar-refractivity contribution is -0.146. The van der Waals surface area contributed by atoms with Gasteiger partial charge in [0.2, 0.25) is 5.91 Å². The molecule has 0 aliphatic carbocycles. The van der Waals surface area contributed by atoms with Gasteiger partial charge < -0.3 is 14.5 Å². The standard InChI is InChI=1S/C24H28F3NO5/c1-5-32-22(31)13-19(29)23(14(2)3)28-21(30)11-8-17-12-20(33-15(17)4)16-6-9-18(10-7-16)24(25,26)27/h6-7,9-10,12,14,23H,5,8,11,13H2,1-4H3,(H,28,30). The van der Waals surface area contributed by atoms with Gasteiger partial charge in [-0.2, -0.15) is 13.2 Å². The summed E-state index contributed by atoms with van der Waals surface area (Å²) in [4.78, 5) is 36.4. The Morgan fingerprint density at radius 3 is 2.30 bits per heavy atom. The molecular formula is C24H28F3NO5. The Bertz CT molecular complexity index is 977. The molecule has 1 unspecified atom stereocenters. The van der Waals surface area contributed by atoms with Crippen molar-refractivity contribution in [3.05, 3.63) is 47.2 Å². The highest BCUT2D eigenvalue weighted by molar-refractivity contribution is 6.00. The van der Waals surface area contributed by atoms with Gasteiger partial charge in [0.1, 0.15) is 17.9 Å². The maximum Gasteiger partial charge on any atom is 0.416 e. The van der Waals surface area contributed by atoms with E-state index >= 15 is 0 Å². The van der Waals surface area contributed by atoms with Gasteiger partial charge >= 0.3 is 12.1 Å². The number of alkyl halides is 3. The number of furan rings is 1. The van der Waals surface area contributed by atoms with Gasteiger partial charge in [-0.1, -0.05) is 26.0 Å². The predicted octanol–water partition coefficient (Wildman–Crippen LogP) is 4.87. The second-order valence-electron chi connectivity index (χ2n) is 8.00. The minimum atomic E-state index is -4.42. The molecule has 1 aromatic heterocycles. The number of esters is 1. The van der Waals surface area contributed by atoms with Gasteiger partial charge in [-0.05, 0) is 49.9 Å².